The SMILES string of the molecule is CCCCCCCCCOC(=O)C1CCCN1C(=O)c1cccc(C(F)(F)F)c1. The zero-order valence-corrected chi connectivity index (χ0v) is 17.0. The summed E-state index contributed by atoms with van der Waals surface area (Å²) in [7, 11) is 0. The molecule has 1 unspecified atom stereocenters. The van der Waals surface area contributed by atoms with Crippen molar-refractivity contribution in [3.8, 4) is 0 Å². The van der Waals surface area contributed by atoms with E-state index in [0.29, 0.717) is 26.0 Å². The van der Waals surface area contributed by atoms with Crippen molar-refractivity contribution >= 4 is 11.9 Å². The summed E-state index contributed by atoms with van der Waals surface area (Å²) in [6.45, 7) is 2.82. The number of nitrogens with zero attached hydrogens (tertiary/aromatic N) is 1. The van der Waals surface area contributed by atoms with Gasteiger partial charge in [-0.1, -0.05) is 51.5 Å². The van der Waals surface area contributed by atoms with E-state index in [4.69, 9.17) is 4.74 Å². The number of ether oxygens (including phenoxy) is 1. The van der Waals surface area contributed by atoms with E-state index in [9.17, 15) is 22.8 Å². The summed E-state index contributed by atoms with van der Waals surface area (Å²) in [5, 5.41) is 0. The van der Waals surface area contributed by atoms with E-state index in [1.54, 1.807) is 0 Å². The highest BCUT2D eigenvalue weighted by molar-refractivity contribution is 5.97. The van der Waals surface area contributed by atoms with Gasteiger partial charge in [0, 0.05) is 12.1 Å². The molecular weight excluding hydrogens is 383 g/mol. The highest BCUT2D eigenvalue weighted by Crippen LogP contribution is 2.30. The molecule has 0 N–H and O–H groups in total. The van der Waals surface area contributed by atoms with Gasteiger partial charge in [-0.3, -0.25) is 4.79 Å². The Balaban J connectivity index is 1.84. The first-order valence-corrected chi connectivity index (χ1v) is 10.5. The number of benzene rings is 1. The molecule has 4 nitrogen and oxygen atoms in total. The number of halogens is 3. The molecule has 7 heteroatoms. The zero-order valence-electron chi connectivity index (χ0n) is 17.0. The third kappa shape index (κ3) is 7.05. The quantitative estimate of drug-likeness (QED) is 0.370. The van der Waals surface area contributed by atoms with Gasteiger partial charge in [0.15, 0.2) is 0 Å². The minimum absolute atomic E-state index is 0.0633. The Bertz CT molecular complexity index is 676. The number of likely N-dealkylation sites (tertiary alicyclic amines) is 1. The molecule has 0 spiro atoms. The monoisotopic (exact) mass is 413 g/mol. The first-order chi connectivity index (χ1) is 13.8. The van der Waals surface area contributed by atoms with Crippen LogP contribution in [-0.2, 0) is 15.7 Å². The molecule has 1 aliphatic rings. The molecule has 29 heavy (non-hydrogen) atoms. The van der Waals surface area contributed by atoms with Crippen molar-refractivity contribution in [2.24, 2.45) is 0 Å². The summed E-state index contributed by atoms with van der Waals surface area (Å²) in [5.41, 5.74) is -0.938. The van der Waals surface area contributed by atoms with Crippen molar-refractivity contribution in [1.82, 2.24) is 4.90 Å². The van der Waals surface area contributed by atoms with Gasteiger partial charge >= 0.3 is 12.1 Å². The van der Waals surface area contributed by atoms with Gasteiger partial charge in [-0.25, -0.2) is 4.79 Å². The van der Waals surface area contributed by atoms with Gasteiger partial charge < -0.3 is 9.64 Å². The van der Waals surface area contributed by atoms with Crippen LogP contribution in [0.2, 0.25) is 0 Å². The van der Waals surface area contributed by atoms with Gasteiger partial charge in [0.25, 0.3) is 5.91 Å². The van der Waals surface area contributed by atoms with Crippen molar-refractivity contribution in [2.45, 2.75) is 76.9 Å². The minimum Gasteiger partial charge on any atom is -0.464 e. The molecule has 1 saturated heterocycles. The van der Waals surface area contributed by atoms with Gasteiger partial charge in [0.1, 0.15) is 6.04 Å². The molecule has 1 amide bonds. The highest BCUT2D eigenvalue weighted by Gasteiger charge is 2.37. The number of hydrogen-bond donors (Lipinski definition) is 0. The normalized spacial score (nSPS) is 16.8. The fraction of sp³-hybridized carbons (Fsp3) is 0.636. The van der Waals surface area contributed by atoms with E-state index < -0.39 is 29.7 Å². The number of unbranched alkanes of at least 4 members (excludes halogenated alkanes) is 6. The van der Waals surface area contributed by atoms with Crippen LogP contribution in [0.1, 0.15) is 80.6 Å². The number of amides is 1. The molecule has 0 saturated carbocycles. The van der Waals surface area contributed by atoms with Crippen LogP contribution < -0.4 is 0 Å². The maximum Gasteiger partial charge on any atom is 0.416 e. The number of carbonyl (C=O) groups is 2. The zero-order chi connectivity index (χ0) is 21.3. The summed E-state index contributed by atoms with van der Waals surface area (Å²) >= 11 is 0. The Morgan fingerprint density at radius 3 is 2.48 bits per heavy atom. The van der Waals surface area contributed by atoms with E-state index in [0.717, 1.165) is 31.4 Å². The van der Waals surface area contributed by atoms with Crippen LogP contribution in [0.15, 0.2) is 24.3 Å². The largest absolute Gasteiger partial charge is 0.464 e. The van der Waals surface area contributed by atoms with E-state index in [-0.39, 0.29) is 5.56 Å². The van der Waals surface area contributed by atoms with Crippen LogP contribution in [0.4, 0.5) is 13.2 Å². The minimum atomic E-state index is -4.52. The van der Waals surface area contributed by atoms with E-state index >= 15 is 0 Å². The third-order valence-corrected chi connectivity index (χ3v) is 5.21. The van der Waals surface area contributed by atoms with Crippen LogP contribution in [-0.4, -0.2) is 36.0 Å². The first kappa shape index (κ1) is 23.2. The molecule has 1 aliphatic heterocycles. The molecule has 1 heterocycles. The number of esters is 1. The topological polar surface area (TPSA) is 46.6 Å². The van der Waals surface area contributed by atoms with E-state index in [2.05, 4.69) is 6.92 Å². The molecule has 1 fully saturated rings. The van der Waals surface area contributed by atoms with Gasteiger partial charge in [0.2, 0.25) is 0 Å². The summed E-state index contributed by atoms with van der Waals surface area (Å²) in [5.74, 6) is -1.03. The second-order valence-electron chi connectivity index (χ2n) is 7.52. The maximum absolute atomic E-state index is 12.9. The second kappa shape index (κ2) is 11.2. The molecule has 0 aromatic heterocycles. The molecule has 0 aliphatic carbocycles. The van der Waals surface area contributed by atoms with Crippen molar-refractivity contribution in [1.29, 1.82) is 0 Å². The predicted molar refractivity (Wildman–Crippen MR) is 104 cm³/mol. The molecule has 1 aromatic carbocycles. The maximum atomic E-state index is 12.9. The van der Waals surface area contributed by atoms with E-state index in [1.807, 2.05) is 0 Å². The van der Waals surface area contributed by atoms with Gasteiger partial charge in [0.05, 0.1) is 12.2 Å². The van der Waals surface area contributed by atoms with E-state index in [1.165, 1.54) is 42.7 Å². The standard InChI is InChI=1S/C22H30F3NO3/c1-2-3-4-5-6-7-8-15-29-21(28)19-13-10-14-26(19)20(27)17-11-9-12-18(16-17)22(23,24)25/h9,11-12,16,19H,2-8,10,13-15H2,1H3. The van der Waals surface area contributed by atoms with Crippen molar-refractivity contribution in [3.63, 3.8) is 0 Å². The lowest BCUT2D eigenvalue weighted by molar-refractivity contribution is -0.148. The lowest BCUT2D eigenvalue weighted by Gasteiger charge is -2.23. The Morgan fingerprint density at radius 2 is 1.79 bits per heavy atom. The van der Waals surface area contributed by atoms with Gasteiger partial charge in [-0.2, -0.15) is 13.2 Å². The molecule has 0 bridgehead atoms. The molecule has 1 aromatic rings. The summed E-state index contributed by atoms with van der Waals surface area (Å²) in [6.07, 6.45) is 4.33. The van der Waals surface area contributed by atoms with Crippen LogP contribution in [0.5, 0.6) is 0 Å². The Morgan fingerprint density at radius 1 is 1.10 bits per heavy atom. The lowest BCUT2D eigenvalue weighted by Crippen LogP contribution is -2.41. The molecule has 1 atom stereocenters. The predicted octanol–water partition coefficient (Wildman–Crippen LogP) is 5.60. The lowest BCUT2D eigenvalue weighted by atomic mass is 10.1. The smallest absolute Gasteiger partial charge is 0.416 e. The van der Waals surface area contributed by atoms with Gasteiger partial charge in [-0.05, 0) is 37.5 Å². The summed E-state index contributed by atoms with van der Waals surface area (Å²) in [4.78, 5) is 26.4. The van der Waals surface area contributed by atoms with Crippen LogP contribution in [0, 0.1) is 0 Å². The first-order valence-electron chi connectivity index (χ1n) is 10.5. The van der Waals surface area contributed by atoms with Crippen molar-refractivity contribution < 1.29 is 27.5 Å². The van der Waals surface area contributed by atoms with Crippen LogP contribution in [0.3, 0.4) is 0 Å². The molecule has 162 valence electrons. The van der Waals surface area contributed by atoms with Gasteiger partial charge in [-0.15, -0.1) is 0 Å². The van der Waals surface area contributed by atoms with Crippen LogP contribution >= 0.6 is 0 Å². The van der Waals surface area contributed by atoms with Crippen LogP contribution in [0.25, 0.3) is 0 Å². The number of hydrogen-bond acceptors (Lipinski definition) is 3. The molecule has 0 radical (unpaired) electrons. The fourth-order valence-corrected chi connectivity index (χ4v) is 3.58. The Labute approximate surface area is 170 Å². The average Bonchev–Trinajstić information content (AvgIpc) is 3.18. The Hall–Kier alpha value is -2.05. The van der Waals surface area contributed by atoms with Crippen molar-refractivity contribution in [2.75, 3.05) is 13.2 Å². The second-order valence-corrected chi connectivity index (χ2v) is 7.52. The highest BCUT2D eigenvalue weighted by atomic mass is 19.4. The summed E-state index contributed by atoms with van der Waals surface area (Å²) < 4.78 is 44.0. The van der Waals surface area contributed by atoms with Crippen molar-refractivity contribution in [3.05, 3.63) is 35.4 Å². The Kier molecular flexibility index (Phi) is 8.99. The third-order valence-electron chi connectivity index (χ3n) is 5.21. The average molecular weight is 413 g/mol. The fourth-order valence-electron chi connectivity index (χ4n) is 3.58. The number of alkyl halides is 3. The molecular formula is C22H30F3NO3. The summed E-state index contributed by atoms with van der Waals surface area (Å²) in [6, 6.07) is 3.59. The number of carbonyl (C=O) groups excluding carboxylic acids is 2. The number of rotatable bonds is 10. The molecule has 2 rings (SSSR count).